The maximum atomic E-state index is 13.7. The van der Waals surface area contributed by atoms with Crippen molar-refractivity contribution in [3.63, 3.8) is 0 Å². The molecular formula is C23H24F2N5O9P. The van der Waals surface area contributed by atoms with Crippen LogP contribution in [-0.2, 0) is 32.3 Å². The predicted molar refractivity (Wildman–Crippen MR) is 129 cm³/mol. The van der Waals surface area contributed by atoms with Crippen LogP contribution in [0.15, 0.2) is 24.5 Å². The fourth-order valence-electron chi connectivity index (χ4n) is 5.04. The van der Waals surface area contributed by atoms with E-state index in [1.165, 1.54) is 10.9 Å². The van der Waals surface area contributed by atoms with Gasteiger partial charge in [0.15, 0.2) is 29.1 Å². The van der Waals surface area contributed by atoms with Gasteiger partial charge in [-0.25, -0.2) is 23.1 Å². The van der Waals surface area contributed by atoms with E-state index in [4.69, 9.17) is 38.3 Å². The van der Waals surface area contributed by atoms with Crippen molar-refractivity contribution in [1.82, 2.24) is 19.5 Å². The number of hydrogen-bond donors (Lipinski definition) is 1. The van der Waals surface area contributed by atoms with Crippen LogP contribution < -0.4 is 10.5 Å². The summed E-state index contributed by atoms with van der Waals surface area (Å²) in [5, 5.41) is 0. The fourth-order valence-corrected chi connectivity index (χ4v) is 6.43. The van der Waals surface area contributed by atoms with Crippen LogP contribution in [-0.4, -0.2) is 63.3 Å². The maximum absolute atomic E-state index is 13.7. The molecule has 2 N–H and O–H groups in total. The van der Waals surface area contributed by atoms with Crippen molar-refractivity contribution < 1.29 is 50.7 Å². The van der Waals surface area contributed by atoms with Crippen molar-refractivity contribution in [2.75, 3.05) is 25.6 Å². The summed E-state index contributed by atoms with van der Waals surface area (Å²) in [6, 6.07) is 2.88. The molecule has 0 radical (unpaired) electrons. The molecule has 14 nitrogen and oxygen atoms in total. The van der Waals surface area contributed by atoms with Crippen LogP contribution in [0.5, 0.6) is 5.88 Å². The van der Waals surface area contributed by atoms with Crippen LogP contribution >= 0.6 is 7.82 Å². The molecule has 5 heterocycles. The van der Waals surface area contributed by atoms with E-state index in [9.17, 15) is 18.1 Å². The number of rotatable bonds is 7. The van der Waals surface area contributed by atoms with Crippen molar-refractivity contribution >= 4 is 31.1 Å². The highest BCUT2D eigenvalue weighted by Gasteiger charge is 2.64. The molecule has 3 saturated heterocycles. The lowest BCUT2D eigenvalue weighted by atomic mass is 9.96. The Kier molecular flexibility index (Phi) is 6.62. The lowest BCUT2D eigenvalue weighted by Crippen LogP contribution is -2.42. The highest BCUT2D eigenvalue weighted by atomic mass is 31.2. The van der Waals surface area contributed by atoms with E-state index < -0.39 is 62.4 Å². The van der Waals surface area contributed by atoms with Crippen molar-refractivity contribution in [2.45, 2.75) is 50.4 Å². The summed E-state index contributed by atoms with van der Waals surface area (Å²) < 4.78 is 81.4. The van der Waals surface area contributed by atoms with E-state index in [-0.39, 0.29) is 42.7 Å². The Labute approximate surface area is 225 Å². The smallest absolute Gasteiger partial charge is 0.476 e. The van der Waals surface area contributed by atoms with Crippen LogP contribution in [0.4, 0.5) is 19.5 Å². The number of imidazole rings is 1. The molecule has 0 spiro atoms. The molecule has 0 aliphatic carbocycles. The van der Waals surface area contributed by atoms with Gasteiger partial charge < -0.3 is 24.7 Å². The Morgan fingerprint density at radius 2 is 2.02 bits per heavy atom. The van der Waals surface area contributed by atoms with Crippen LogP contribution in [0.2, 0.25) is 0 Å². The molecule has 0 bridgehead atoms. The number of carbonyl (C=O) groups is 1. The predicted octanol–water partition coefficient (Wildman–Crippen LogP) is 3.58. The second kappa shape index (κ2) is 9.89. The first-order chi connectivity index (χ1) is 19.1. The Bertz CT molecular complexity index is 1510. The molecule has 3 aromatic rings. The summed E-state index contributed by atoms with van der Waals surface area (Å²) >= 11 is 0. The fraction of sp³-hybridized carbons (Fsp3) is 0.478. The summed E-state index contributed by atoms with van der Waals surface area (Å²) in [4.78, 5) is 24.7. The molecule has 214 valence electrons. The molecule has 0 saturated carbocycles. The molecule has 6 atom stereocenters. The van der Waals surface area contributed by atoms with Crippen molar-refractivity contribution in [3.05, 3.63) is 41.7 Å². The van der Waals surface area contributed by atoms with Gasteiger partial charge in [0.25, 0.3) is 0 Å². The number of anilines is 1. The average molecular weight is 583 g/mol. The van der Waals surface area contributed by atoms with Gasteiger partial charge in [0.2, 0.25) is 11.8 Å². The van der Waals surface area contributed by atoms with Crippen molar-refractivity contribution in [3.8, 4) is 5.88 Å². The van der Waals surface area contributed by atoms with Gasteiger partial charge in [-0.05, 0) is 31.5 Å². The van der Waals surface area contributed by atoms with Crippen molar-refractivity contribution in [1.29, 1.82) is 0 Å². The molecule has 2 aromatic heterocycles. The highest BCUT2D eigenvalue weighted by molar-refractivity contribution is 7.48. The quantitative estimate of drug-likeness (QED) is 0.317. The zero-order valence-electron chi connectivity index (χ0n) is 21.2. The van der Waals surface area contributed by atoms with Crippen LogP contribution in [0.1, 0.15) is 38.2 Å². The summed E-state index contributed by atoms with van der Waals surface area (Å²) in [5.41, 5.74) is 5.10. The normalized spacial score (nSPS) is 31.6. The second-order valence-electron chi connectivity index (χ2n) is 9.41. The first-order valence-electron chi connectivity index (χ1n) is 12.3. The Hall–Kier alpha value is -3.43. The Morgan fingerprint density at radius 3 is 2.77 bits per heavy atom. The Morgan fingerprint density at radius 1 is 1.25 bits per heavy atom. The molecular weight excluding hydrogens is 559 g/mol. The second-order valence-corrected chi connectivity index (χ2v) is 11.0. The number of halogens is 2. The molecule has 0 amide bonds. The third kappa shape index (κ3) is 4.65. The molecule has 3 aliphatic heterocycles. The van der Waals surface area contributed by atoms with Gasteiger partial charge >= 0.3 is 14.0 Å². The minimum atomic E-state index is -4.21. The molecule has 3 fully saturated rings. The van der Waals surface area contributed by atoms with E-state index in [1.54, 1.807) is 13.8 Å². The molecule has 1 aromatic carbocycles. The van der Waals surface area contributed by atoms with Gasteiger partial charge in [-0.3, -0.25) is 18.1 Å². The minimum absolute atomic E-state index is 0.0454. The minimum Gasteiger partial charge on any atom is -0.476 e. The molecule has 17 heteroatoms. The monoisotopic (exact) mass is 583 g/mol. The standard InChI is InChI=1S/C23H24F2N5O9P/c1-3-33-19-16-18(28-21(26)29-19)27-10-30(16)20-23(2)17(37-22(31)38-23)15(36-20)9-35-40(32)34-5-4-14(39-40)11-6-12(24)8-13(25)7-11/h6-8,10,14-15,17,20H,3-5,9H2,1-2H3,(H2,26,28,29)/t14-,15+,17+,20?,23+,40+/m0/s1. The highest BCUT2D eigenvalue weighted by Crippen LogP contribution is 2.58. The SMILES string of the molecule is CCOc1nc(N)nc2ncn(C3O[C@H](CO[P@@]4(=O)OCC[C@@H](c5cc(F)cc(F)c5)O4)[C@H]4OC(=O)O[C@@]34C)c12. The van der Waals surface area contributed by atoms with E-state index in [1.807, 2.05) is 0 Å². The maximum Gasteiger partial charge on any atom is 0.509 e. The van der Waals surface area contributed by atoms with Crippen LogP contribution in [0, 0.1) is 11.6 Å². The molecule has 6 rings (SSSR count). The van der Waals surface area contributed by atoms with E-state index >= 15 is 0 Å². The largest absolute Gasteiger partial charge is 0.509 e. The van der Waals surface area contributed by atoms with Gasteiger partial charge in [0.1, 0.15) is 24.1 Å². The number of fused-ring (bicyclic) bond motifs is 2. The zero-order valence-corrected chi connectivity index (χ0v) is 22.1. The lowest BCUT2D eigenvalue weighted by molar-refractivity contribution is -0.0925. The number of nitrogens with zero attached hydrogens (tertiary/aromatic N) is 4. The van der Waals surface area contributed by atoms with Gasteiger partial charge in [-0.2, -0.15) is 9.97 Å². The van der Waals surface area contributed by atoms with Gasteiger partial charge in [-0.1, -0.05) is 0 Å². The molecule has 3 aliphatic rings. The number of aromatic nitrogens is 4. The van der Waals surface area contributed by atoms with E-state index in [0.717, 1.165) is 18.2 Å². The first kappa shape index (κ1) is 26.8. The van der Waals surface area contributed by atoms with Crippen molar-refractivity contribution in [2.24, 2.45) is 0 Å². The van der Waals surface area contributed by atoms with Gasteiger partial charge in [0.05, 0.1) is 25.9 Å². The topological polar surface area (TPSA) is 168 Å². The van der Waals surface area contributed by atoms with E-state index in [2.05, 4.69) is 15.0 Å². The third-order valence-electron chi connectivity index (χ3n) is 6.71. The summed E-state index contributed by atoms with van der Waals surface area (Å²) in [6.45, 7) is 3.17. The number of phosphoric ester groups is 1. The lowest BCUT2D eigenvalue weighted by Gasteiger charge is -2.30. The number of carbonyl (C=O) groups excluding carboxylic acids is 1. The van der Waals surface area contributed by atoms with Gasteiger partial charge in [0, 0.05) is 12.5 Å². The Balaban J connectivity index is 1.25. The summed E-state index contributed by atoms with van der Waals surface area (Å²) in [7, 11) is -4.21. The summed E-state index contributed by atoms with van der Waals surface area (Å²) in [6.07, 6.45) is -3.32. The number of ether oxygens (including phenoxy) is 4. The van der Waals surface area contributed by atoms with E-state index in [0.29, 0.717) is 5.52 Å². The molecule has 1 unspecified atom stereocenters. The van der Waals surface area contributed by atoms with Gasteiger partial charge in [-0.15, -0.1) is 0 Å². The van der Waals surface area contributed by atoms with Crippen LogP contribution in [0.3, 0.4) is 0 Å². The molecule has 40 heavy (non-hydrogen) atoms. The first-order valence-corrected chi connectivity index (χ1v) is 13.8. The van der Waals surface area contributed by atoms with Crippen LogP contribution in [0.25, 0.3) is 11.2 Å². The average Bonchev–Trinajstić information content (AvgIpc) is 3.51. The zero-order chi connectivity index (χ0) is 28.2. The number of phosphoric acid groups is 1. The number of hydrogen-bond acceptors (Lipinski definition) is 13. The number of nitrogen functional groups attached to an aromatic ring is 1. The summed E-state index contributed by atoms with van der Waals surface area (Å²) in [5.74, 6) is -1.51. The third-order valence-corrected chi connectivity index (χ3v) is 8.19. The number of benzene rings is 1. The number of nitrogens with two attached hydrogens (primary N) is 1.